The van der Waals surface area contributed by atoms with Gasteiger partial charge in [-0.1, -0.05) is 54.6 Å². The SMILES string of the molecule is CCOc1cc(/C=C2\SC(=O)N(Cc3ccccc3)C2=O)ccc1OS(=O)(=O)c1ccccc1. The van der Waals surface area contributed by atoms with E-state index in [0.29, 0.717) is 5.56 Å². The van der Waals surface area contributed by atoms with Crippen LogP contribution in [0, 0.1) is 0 Å². The van der Waals surface area contributed by atoms with E-state index >= 15 is 0 Å². The molecule has 1 heterocycles. The summed E-state index contributed by atoms with van der Waals surface area (Å²) in [6.45, 7) is 2.23. The fraction of sp³-hybridized carbons (Fsp3) is 0.120. The molecule has 0 atom stereocenters. The molecule has 174 valence electrons. The second-order valence-corrected chi connectivity index (χ2v) is 9.78. The fourth-order valence-corrected chi connectivity index (χ4v) is 5.06. The average molecular weight is 496 g/mol. The van der Waals surface area contributed by atoms with Gasteiger partial charge in [0.25, 0.3) is 11.1 Å². The maximum atomic E-state index is 12.8. The molecule has 1 saturated heterocycles. The molecule has 0 aliphatic carbocycles. The summed E-state index contributed by atoms with van der Waals surface area (Å²) in [6.07, 6.45) is 1.58. The normalized spacial score (nSPS) is 15.1. The lowest BCUT2D eigenvalue weighted by Crippen LogP contribution is -2.27. The van der Waals surface area contributed by atoms with E-state index < -0.39 is 10.1 Å². The number of imide groups is 1. The van der Waals surface area contributed by atoms with Gasteiger partial charge < -0.3 is 8.92 Å². The second-order valence-electron chi connectivity index (χ2n) is 7.24. The zero-order chi connectivity index (χ0) is 24.1. The molecule has 0 spiro atoms. The van der Waals surface area contributed by atoms with Gasteiger partial charge in [0, 0.05) is 0 Å². The van der Waals surface area contributed by atoms with Gasteiger partial charge in [-0.05, 0) is 60.2 Å². The molecular weight excluding hydrogens is 474 g/mol. The highest BCUT2D eigenvalue weighted by Crippen LogP contribution is 2.36. The number of benzene rings is 3. The molecule has 1 fully saturated rings. The van der Waals surface area contributed by atoms with E-state index in [1.165, 1.54) is 23.1 Å². The summed E-state index contributed by atoms with van der Waals surface area (Å²) in [4.78, 5) is 26.7. The van der Waals surface area contributed by atoms with Gasteiger partial charge in [-0.25, -0.2) is 0 Å². The standard InChI is InChI=1S/C25H21NO6S2/c1-2-31-22-15-19(13-14-21(22)32-34(29,30)20-11-7-4-8-12-20)16-23-24(27)26(25(28)33-23)17-18-9-5-3-6-10-18/h3-16H,2,17H2,1H3/b23-16-. The minimum Gasteiger partial charge on any atom is -0.490 e. The summed E-state index contributed by atoms with van der Waals surface area (Å²) in [5, 5.41) is -0.348. The number of thioether (sulfide) groups is 1. The molecule has 0 saturated carbocycles. The highest BCUT2D eigenvalue weighted by molar-refractivity contribution is 8.18. The number of nitrogens with zero attached hydrogens (tertiary/aromatic N) is 1. The van der Waals surface area contributed by atoms with Crippen LogP contribution in [0.5, 0.6) is 11.5 Å². The van der Waals surface area contributed by atoms with Crippen molar-refractivity contribution in [2.75, 3.05) is 6.61 Å². The fourth-order valence-electron chi connectivity index (χ4n) is 3.26. The van der Waals surface area contributed by atoms with Crippen LogP contribution in [-0.4, -0.2) is 31.1 Å². The van der Waals surface area contributed by atoms with Gasteiger partial charge in [-0.3, -0.25) is 14.5 Å². The van der Waals surface area contributed by atoms with Gasteiger partial charge >= 0.3 is 10.1 Å². The minimum absolute atomic E-state index is 0.0219. The lowest BCUT2D eigenvalue weighted by atomic mass is 10.1. The van der Waals surface area contributed by atoms with Crippen molar-refractivity contribution in [1.82, 2.24) is 4.90 Å². The Morgan fingerprint density at radius 2 is 1.59 bits per heavy atom. The smallest absolute Gasteiger partial charge is 0.339 e. The van der Waals surface area contributed by atoms with Crippen LogP contribution in [-0.2, 0) is 21.5 Å². The first-order valence-corrected chi connectivity index (χ1v) is 12.7. The third kappa shape index (κ3) is 5.32. The number of hydrogen-bond donors (Lipinski definition) is 0. The quantitative estimate of drug-likeness (QED) is 0.318. The number of amides is 2. The minimum atomic E-state index is -4.05. The number of hydrogen-bond acceptors (Lipinski definition) is 7. The largest absolute Gasteiger partial charge is 0.490 e. The van der Waals surface area contributed by atoms with E-state index in [-0.39, 0.29) is 45.6 Å². The third-order valence-electron chi connectivity index (χ3n) is 4.85. The van der Waals surface area contributed by atoms with Gasteiger partial charge in [0.15, 0.2) is 11.5 Å². The lowest BCUT2D eigenvalue weighted by molar-refractivity contribution is -0.123. The van der Waals surface area contributed by atoms with Gasteiger partial charge in [0.05, 0.1) is 18.1 Å². The molecular formula is C25H21NO6S2. The topological polar surface area (TPSA) is 90.0 Å². The lowest BCUT2D eigenvalue weighted by Gasteiger charge is -2.13. The number of carbonyl (C=O) groups excluding carboxylic acids is 2. The molecule has 1 aliphatic rings. The van der Waals surface area contributed by atoms with Crippen LogP contribution in [0.25, 0.3) is 6.08 Å². The molecule has 3 aromatic carbocycles. The van der Waals surface area contributed by atoms with Crippen molar-refractivity contribution in [3.63, 3.8) is 0 Å². The van der Waals surface area contributed by atoms with E-state index in [0.717, 1.165) is 17.3 Å². The monoisotopic (exact) mass is 495 g/mol. The summed E-state index contributed by atoms with van der Waals surface area (Å²) in [5.41, 5.74) is 1.42. The third-order valence-corrected chi connectivity index (χ3v) is 7.01. The Morgan fingerprint density at radius 3 is 2.26 bits per heavy atom. The van der Waals surface area contributed by atoms with Crippen molar-refractivity contribution >= 4 is 39.1 Å². The van der Waals surface area contributed by atoms with Gasteiger partial charge in [0.1, 0.15) is 4.90 Å². The van der Waals surface area contributed by atoms with E-state index in [2.05, 4.69) is 0 Å². The molecule has 7 nitrogen and oxygen atoms in total. The summed E-state index contributed by atoms with van der Waals surface area (Å²) in [7, 11) is -4.05. The number of carbonyl (C=O) groups is 2. The Morgan fingerprint density at radius 1 is 0.912 bits per heavy atom. The molecule has 9 heteroatoms. The molecule has 0 aromatic heterocycles. The molecule has 0 unspecified atom stereocenters. The van der Waals surface area contributed by atoms with E-state index in [1.807, 2.05) is 30.3 Å². The summed E-state index contributed by atoms with van der Waals surface area (Å²) in [6, 6.07) is 21.7. The van der Waals surface area contributed by atoms with Crippen LogP contribution in [0.15, 0.2) is 88.7 Å². The molecule has 3 aromatic rings. The number of rotatable bonds is 8. The Kier molecular flexibility index (Phi) is 7.04. The maximum Gasteiger partial charge on any atom is 0.339 e. The van der Waals surface area contributed by atoms with Crippen molar-refractivity contribution in [2.45, 2.75) is 18.4 Å². The second kappa shape index (κ2) is 10.1. The number of ether oxygens (including phenoxy) is 1. The maximum absolute atomic E-state index is 12.8. The molecule has 2 amide bonds. The van der Waals surface area contributed by atoms with Gasteiger partial charge in [-0.15, -0.1) is 0 Å². The Hall–Kier alpha value is -3.56. The van der Waals surface area contributed by atoms with Crippen molar-refractivity contribution in [2.24, 2.45) is 0 Å². The van der Waals surface area contributed by atoms with Crippen molar-refractivity contribution in [3.05, 3.63) is 94.9 Å². The van der Waals surface area contributed by atoms with Crippen LogP contribution in [0.1, 0.15) is 18.1 Å². The molecule has 4 rings (SSSR count). The predicted octanol–water partition coefficient (Wildman–Crippen LogP) is 5.09. The average Bonchev–Trinajstić information content (AvgIpc) is 3.09. The first-order chi connectivity index (χ1) is 16.4. The van der Waals surface area contributed by atoms with Crippen LogP contribution in [0.3, 0.4) is 0 Å². The van der Waals surface area contributed by atoms with Gasteiger partial charge in [0.2, 0.25) is 0 Å². The molecule has 1 aliphatic heterocycles. The zero-order valence-corrected chi connectivity index (χ0v) is 19.8. The zero-order valence-electron chi connectivity index (χ0n) is 18.2. The Bertz CT molecular complexity index is 1340. The molecule has 0 bridgehead atoms. The summed E-state index contributed by atoms with van der Waals surface area (Å²) in [5.74, 6) is -0.150. The van der Waals surface area contributed by atoms with E-state index in [9.17, 15) is 18.0 Å². The van der Waals surface area contributed by atoms with E-state index in [1.54, 1.807) is 43.3 Å². The Labute approximate surface area is 202 Å². The summed E-state index contributed by atoms with van der Waals surface area (Å²) >= 11 is 0.857. The van der Waals surface area contributed by atoms with Crippen molar-refractivity contribution in [1.29, 1.82) is 0 Å². The van der Waals surface area contributed by atoms with Crippen molar-refractivity contribution < 1.29 is 26.9 Å². The van der Waals surface area contributed by atoms with Crippen molar-refractivity contribution in [3.8, 4) is 11.5 Å². The van der Waals surface area contributed by atoms with Crippen LogP contribution in [0.2, 0.25) is 0 Å². The van der Waals surface area contributed by atoms with E-state index in [4.69, 9.17) is 8.92 Å². The van der Waals surface area contributed by atoms with Crippen LogP contribution in [0.4, 0.5) is 4.79 Å². The highest BCUT2D eigenvalue weighted by atomic mass is 32.2. The first-order valence-electron chi connectivity index (χ1n) is 10.4. The van der Waals surface area contributed by atoms with Crippen LogP contribution < -0.4 is 8.92 Å². The first kappa shape index (κ1) is 23.6. The van der Waals surface area contributed by atoms with Crippen LogP contribution >= 0.6 is 11.8 Å². The molecule has 0 radical (unpaired) electrons. The van der Waals surface area contributed by atoms with Gasteiger partial charge in [-0.2, -0.15) is 8.42 Å². The molecule has 0 N–H and O–H groups in total. The predicted molar refractivity (Wildman–Crippen MR) is 130 cm³/mol. The Balaban J connectivity index is 1.57. The molecule has 34 heavy (non-hydrogen) atoms. The summed E-state index contributed by atoms with van der Waals surface area (Å²) < 4.78 is 36.1. The highest BCUT2D eigenvalue weighted by Gasteiger charge is 2.35.